The van der Waals surface area contributed by atoms with E-state index in [1.54, 1.807) is 12.1 Å². The van der Waals surface area contributed by atoms with Crippen molar-refractivity contribution in [1.82, 2.24) is 5.32 Å². The summed E-state index contributed by atoms with van der Waals surface area (Å²) in [6.45, 7) is 3.33. The number of anilines is 1. The molecule has 1 aliphatic heterocycles. The maximum absolute atomic E-state index is 13.0. The van der Waals surface area contributed by atoms with E-state index in [0.29, 0.717) is 6.04 Å². The molecule has 0 amide bonds. The van der Waals surface area contributed by atoms with Gasteiger partial charge in [0, 0.05) is 24.8 Å². The fourth-order valence-corrected chi connectivity index (χ4v) is 3.06. The molecule has 1 saturated carbocycles. The van der Waals surface area contributed by atoms with E-state index in [4.69, 9.17) is 0 Å². The molecule has 3 rings (SSSR count). The van der Waals surface area contributed by atoms with Crippen molar-refractivity contribution in [3.8, 4) is 0 Å². The minimum absolute atomic E-state index is 0.152. The Morgan fingerprint density at radius 1 is 1.11 bits per heavy atom. The van der Waals surface area contributed by atoms with Gasteiger partial charge in [-0.3, -0.25) is 0 Å². The molecule has 0 aromatic heterocycles. The number of rotatable bonds is 4. The van der Waals surface area contributed by atoms with E-state index in [2.05, 4.69) is 10.2 Å². The van der Waals surface area contributed by atoms with Crippen LogP contribution in [0.2, 0.25) is 0 Å². The van der Waals surface area contributed by atoms with Crippen molar-refractivity contribution < 1.29 is 4.39 Å². The molecule has 2 aliphatic rings. The van der Waals surface area contributed by atoms with Gasteiger partial charge in [0.1, 0.15) is 5.82 Å². The number of nitrogens with one attached hydrogen (secondary N) is 1. The van der Waals surface area contributed by atoms with Crippen LogP contribution in [0.25, 0.3) is 0 Å². The SMILES string of the molecule is Fc1ccc(N2CCCC(NCC3CCC3)C2)cc1. The zero-order valence-corrected chi connectivity index (χ0v) is 11.4. The molecule has 2 fully saturated rings. The van der Waals surface area contributed by atoms with E-state index in [1.165, 1.54) is 38.6 Å². The van der Waals surface area contributed by atoms with E-state index < -0.39 is 0 Å². The highest BCUT2D eigenvalue weighted by molar-refractivity contribution is 5.46. The molecule has 1 aliphatic carbocycles. The third-order valence-corrected chi connectivity index (χ3v) is 4.53. The third kappa shape index (κ3) is 3.27. The van der Waals surface area contributed by atoms with Crippen LogP contribution in [0.4, 0.5) is 10.1 Å². The zero-order chi connectivity index (χ0) is 13.1. The summed E-state index contributed by atoms with van der Waals surface area (Å²) in [6, 6.07) is 7.49. The lowest BCUT2D eigenvalue weighted by atomic mass is 9.85. The second kappa shape index (κ2) is 5.91. The molecule has 1 aromatic rings. The Kier molecular flexibility index (Phi) is 4.02. The van der Waals surface area contributed by atoms with Crippen molar-refractivity contribution in [2.75, 3.05) is 24.5 Å². The van der Waals surface area contributed by atoms with E-state index in [0.717, 1.165) is 24.7 Å². The fraction of sp³-hybridized carbons (Fsp3) is 0.625. The van der Waals surface area contributed by atoms with Crippen molar-refractivity contribution in [2.24, 2.45) is 5.92 Å². The summed E-state index contributed by atoms with van der Waals surface area (Å²) in [5.41, 5.74) is 1.15. The largest absolute Gasteiger partial charge is 0.370 e. The molecule has 1 heterocycles. The first kappa shape index (κ1) is 12.9. The van der Waals surface area contributed by atoms with Gasteiger partial charge >= 0.3 is 0 Å². The molecule has 1 aromatic carbocycles. The number of hydrogen-bond donors (Lipinski definition) is 1. The van der Waals surface area contributed by atoms with Gasteiger partial charge in [-0.05, 0) is 62.4 Å². The lowest BCUT2D eigenvalue weighted by Gasteiger charge is -2.36. The van der Waals surface area contributed by atoms with Crippen LogP contribution >= 0.6 is 0 Å². The molecule has 2 nitrogen and oxygen atoms in total. The van der Waals surface area contributed by atoms with Crippen LogP contribution in [-0.4, -0.2) is 25.7 Å². The average Bonchev–Trinajstić information content (AvgIpc) is 2.38. The van der Waals surface area contributed by atoms with Crippen molar-refractivity contribution in [3.05, 3.63) is 30.1 Å². The summed E-state index contributed by atoms with van der Waals surface area (Å²) in [6.07, 6.45) is 6.71. The molecule has 3 heteroatoms. The maximum Gasteiger partial charge on any atom is 0.123 e. The molecule has 0 radical (unpaired) electrons. The molecule has 1 atom stereocenters. The zero-order valence-electron chi connectivity index (χ0n) is 11.4. The average molecular weight is 262 g/mol. The van der Waals surface area contributed by atoms with Crippen molar-refractivity contribution >= 4 is 5.69 Å². The molecule has 1 unspecified atom stereocenters. The molecule has 1 N–H and O–H groups in total. The smallest absolute Gasteiger partial charge is 0.123 e. The first-order valence-electron chi connectivity index (χ1n) is 7.55. The van der Waals surface area contributed by atoms with Crippen molar-refractivity contribution in [1.29, 1.82) is 0 Å². The second-order valence-electron chi connectivity index (χ2n) is 5.97. The van der Waals surface area contributed by atoms with Gasteiger partial charge in [0.05, 0.1) is 0 Å². The van der Waals surface area contributed by atoms with Gasteiger partial charge in [-0.25, -0.2) is 4.39 Å². The monoisotopic (exact) mass is 262 g/mol. The van der Waals surface area contributed by atoms with Crippen LogP contribution in [0.15, 0.2) is 24.3 Å². The lowest BCUT2D eigenvalue weighted by Crippen LogP contribution is -2.47. The predicted octanol–water partition coefficient (Wildman–Crippen LogP) is 3.18. The van der Waals surface area contributed by atoms with Crippen molar-refractivity contribution in [2.45, 2.75) is 38.1 Å². The molecule has 0 bridgehead atoms. The number of hydrogen-bond acceptors (Lipinski definition) is 2. The first-order chi connectivity index (χ1) is 9.31. The van der Waals surface area contributed by atoms with Crippen LogP contribution in [0.1, 0.15) is 32.1 Å². The van der Waals surface area contributed by atoms with Gasteiger partial charge in [0.25, 0.3) is 0 Å². The number of nitrogens with zero attached hydrogens (tertiary/aromatic N) is 1. The normalized spacial score (nSPS) is 24.3. The van der Waals surface area contributed by atoms with Crippen molar-refractivity contribution in [3.63, 3.8) is 0 Å². The highest BCUT2D eigenvalue weighted by atomic mass is 19.1. The van der Waals surface area contributed by atoms with E-state index in [1.807, 2.05) is 12.1 Å². The number of piperidine rings is 1. The van der Waals surface area contributed by atoms with Crippen LogP contribution in [-0.2, 0) is 0 Å². The Bertz CT molecular complexity index is 400. The van der Waals surface area contributed by atoms with Gasteiger partial charge in [-0.15, -0.1) is 0 Å². The number of halogens is 1. The van der Waals surface area contributed by atoms with Crippen LogP contribution in [0.5, 0.6) is 0 Å². The molecule has 19 heavy (non-hydrogen) atoms. The molecule has 1 saturated heterocycles. The topological polar surface area (TPSA) is 15.3 Å². The Morgan fingerprint density at radius 2 is 1.89 bits per heavy atom. The summed E-state index contributed by atoms with van der Waals surface area (Å²) in [5.74, 6) is 0.765. The fourth-order valence-electron chi connectivity index (χ4n) is 3.06. The van der Waals surface area contributed by atoms with E-state index in [-0.39, 0.29) is 5.82 Å². The summed E-state index contributed by atoms with van der Waals surface area (Å²) in [5, 5.41) is 3.72. The Labute approximate surface area is 115 Å². The lowest BCUT2D eigenvalue weighted by molar-refractivity contribution is 0.280. The third-order valence-electron chi connectivity index (χ3n) is 4.53. The molecular weight excluding hydrogens is 239 g/mol. The van der Waals surface area contributed by atoms with Crippen LogP contribution < -0.4 is 10.2 Å². The second-order valence-corrected chi connectivity index (χ2v) is 5.97. The minimum atomic E-state index is -0.152. The Morgan fingerprint density at radius 3 is 2.58 bits per heavy atom. The van der Waals surface area contributed by atoms with Gasteiger partial charge < -0.3 is 10.2 Å². The van der Waals surface area contributed by atoms with E-state index >= 15 is 0 Å². The Hall–Kier alpha value is -1.09. The highest BCUT2D eigenvalue weighted by Gasteiger charge is 2.22. The van der Waals surface area contributed by atoms with E-state index in [9.17, 15) is 4.39 Å². The van der Waals surface area contributed by atoms with Crippen LogP contribution in [0.3, 0.4) is 0 Å². The molecule has 104 valence electrons. The van der Waals surface area contributed by atoms with Gasteiger partial charge in [-0.1, -0.05) is 6.42 Å². The predicted molar refractivity (Wildman–Crippen MR) is 77.0 cm³/mol. The highest BCUT2D eigenvalue weighted by Crippen LogP contribution is 2.26. The minimum Gasteiger partial charge on any atom is -0.370 e. The summed E-state index contributed by atoms with van der Waals surface area (Å²) in [7, 11) is 0. The summed E-state index contributed by atoms with van der Waals surface area (Å²) < 4.78 is 13.0. The quantitative estimate of drug-likeness (QED) is 0.896. The first-order valence-corrected chi connectivity index (χ1v) is 7.55. The standard InChI is InChI=1S/C16H23FN2/c17-14-6-8-16(9-7-14)19-10-2-5-15(12-19)18-11-13-3-1-4-13/h6-9,13,15,18H,1-5,10-12H2. The summed E-state index contributed by atoms with van der Waals surface area (Å²) >= 11 is 0. The number of benzene rings is 1. The Balaban J connectivity index is 1.53. The summed E-state index contributed by atoms with van der Waals surface area (Å²) in [4.78, 5) is 2.38. The van der Waals surface area contributed by atoms with Gasteiger partial charge in [0.15, 0.2) is 0 Å². The van der Waals surface area contributed by atoms with Gasteiger partial charge in [0.2, 0.25) is 0 Å². The van der Waals surface area contributed by atoms with Gasteiger partial charge in [-0.2, -0.15) is 0 Å². The van der Waals surface area contributed by atoms with Crippen LogP contribution in [0, 0.1) is 11.7 Å². The molecule has 0 spiro atoms. The molecular formula is C16H23FN2. The maximum atomic E-state index is 13.0.